The summed E-state index contributed by atoms with van der Waals surface area (Å²) in [5.41, 5.74) is 8.69. The molecular formula is C17H21N5O3. The van der Waals surface area contributed by atoms with Crippen LogP contribution in [0.1, 0.15) is 17.0 Å². The molecule has 8 nitrogen and oxygen atoms in total. The first-order valence-corrected chi connectivity index (χ1v) is 7.76. The maximum absolute atomic E-state index is 6.14. The molecule has 0 saturated carbocycles. The first kappa shape index (κ1) is 16.8. The summed E-state index contributed by atoms with van der Waals surface area (Å²) < 4.78 is 15.9. The molecule has 0 radical (unpaired) electrons. The van der Waals surface area contributed by atoms with E-state index in [1.807, 2.05) is 25.8 Å². The van der Waals surface area contributed by atoms with Crippen LogP contribution in [0.25, 0.3) is 10.9 Å². The lowest BCUT2D eigenvalue weighted by atomic mass is 10.2. The van der Waals surface area contributed by atoms with Crippen LogP contribution in [0.15, 0.2) is 16.7 Å². The van der Waals surface area contributed by atoms with Gasteiger partial charge in [0.1, 0.15) is 11.6 Å². The standard InChI is InChI=1S/C17H21N5O3/c1-9-12(10(2)25-21-9)8-22(3)17-19-13-7-15(24-5)14(23-4)6-11(13)16(18)20-17/h6-7H,8H2,1-5H3,(H2,18,19,20). The second kappa shape index (κ2) is 6.46. The highest BCUT2D eigenvalue weighted by Gasteiger charge is 2.16. The molecule has 0 unspecified atom stereocenters. The number of aromatic nitrogens is 3. The molecule has 3 rings (SSSR count). The Morgan fingerprint density at radius 1 is 1.12 bits per heavy atom. The molecule has 0 fully saturated rings. The van der Waals surface area contributed by atoms with Crippen molar-refractivity contribution in [1.29, 1.82) is 0 Å². The Bertz CT molecular complexity index is 903. The van der Waals surface area contributed by atoms with E-state index in [1.54, 1.807) is 26.4 Å². The zero-order valence-corrected chi connectivity index (χ0v) is 15.0. The van der Waals surface area contributed by atoms with Crippen molar-refractivity contribution in [3.63, 3.8) is 0 Å². The Morgan fingerprint density at radius 3 is 2.40 bits per heavy atom. The average Bonchev–Trinajstić information content (AvgIpc) is 2.92. The minimum Gasteiger partial charge on any atom is -0.493 e. The lowest BCUT2D eigenvalue weighted by Gasteiger charge is -2.18. The van der Waals surface area contributed by atoms with Gasteiger partial charge in [0.05, 0.1) is 32.0 Å². The van der Waals surface area contributed by atoms with Gasteiger partial charge in [-0.15, -0.1) is 0 Å². The van der Waals surface area contributed by atoms with E-state index in [-0.39, 0.29) is 0 Å². The highest BCUT2D eigenvalue weighted by molar-refractivity contribution is 5.91. The molecule has 3 aromatic rings. The summed E-state index contributed by atoms with van der Waals surface area (Å²) in [4.78, 5) is 10.9. The van der Waals surface area contributed by atoms with Crippen molar-refractivity contribution < 1.29 is 14.0 Å². The van der Waals surface area contributed by atoms with Crippen LogP contribution in [-0.4, -0.2) is 36.4 Å². The van der Waals surface area contributed by atoms with Crippen molar-refractivity contribution in [1.82, 2.24) is 15.1 Å². The molecule has 0 atom stereocenters. The van der Waals surface area contributed by atoms with Crippen LogP contribution in [0.2, 0.25) is 0 Å². The van der Waals surface area contributed by atoms with Gasteiger partial charge < -0.3 is 24.6 Å². The summed E-state index contributed by atoms with van der Waals surface area (Å²) in [6.45, 7) is 4.36. The topological polar surface area (TPSA) is 99.5 Å². The first-order valence-electron chi connectivity index (χ1n) is 7.76. The Labute approximate surface area is 145 Å². The van der Waals surface area contributed by atoms with E-state index in [0.29, 0.717) is 40.7 Å². The molecule has 0 aliphatic carbocycles. The number of methoxy groups -OCH3 is 2. The van der Waals surface area contributed by atoms with Gasteiger partial charge in [0.15, 0.2) is 11.5 Å². The fourth-order valence-electron chi connectivity index (χ4n) is 2.67. The molecule has 8 heteroatoms. The fourth-order valence-corrected chi connectivity index (χ4v) is 2.67. The Kier molecular flexibility index (Phi) is 4.35. The number of anilines is 2. The predicted octanol–water partition coefficient (Wildman–Crippen LogP) is 2.47. The molecule has 0 spiro atoms. The van der Waals surface area contributed by atoms with E-state index in [4.69, 9.17) is 19.7 Å². The van der Waals surface area contributed by atoms with Crippen LogP contribution >= 0.6 is 0 Å². The Morgan fingerprint density at radius 2 is 1.80 bits per heavy atom. The molecule has 0 amide bonds. The fraction of sp³-hybridized carbons (Fsp3) is 0.353. The van der Waals surface area contributed by atoms with Crippen LogP contribution in [-0.2, 0) is 6.54 Å². The minimum atomic E-state index is 0.381. The van der Waals surface area contributed by atoms with E-state index in [9.17, 15) is 0 Å². The highest BCUT2D eigenvalue weighted by Crippen LogP contribution is 2.34. The minimum absolute atomic E-state index is 0.381. The summed E-state index contributed by atoms with van der Waals surface area (Å²) in [7, 11) is 5.05. The predicted molar refractivity (Wildman–Crippen MR) is 95.1 cm³/mol. The summed E-state index contributed by atoms with van der Waals surface area (Å²) in [6, 6.07) is 3.57. The third-order valence-corrected chi connectivity index (χ3v) is 4.14. The number of hydrogen-bond acceptors (Lipinski definition) is 8. The number of nitrogens with two attached hydrogens (primary N) is 1. The average molecular weight is 343 g/mol. The van der Waals surface area contributed by atoms with E-state index in [2.05, 4.69) is 15.1 Å². The van der Waals surface area contributed by atoms with Crippen LogP contribution < -0.4 is 20.1 Å². The maximum Gasteiger partial charge on any atom is 0.227 e. The van der Waals surface area contributed by atoms with Crippen LogP contribution in [0.5, 0.6) is 11.5 Å². The van der Waals surface area contributed by atoms with Crippen molar-refractivity contribution in [3.8, 4) is 11.5 Å². The zero-order valence-electron chi connectivity index (χ0n) is 15.0. The third-order valence-electron chi connectivity index (χ3n) is 4.14. The second-order valence-electron chi connectivity index (χ2n) is 5.79. The molecule has 25 heavy (non-hydrogen) atoms. The SMILES string of the molecule is COc1cc2nc(N(C)Cc3c(C)noc3C)nc(N)c2cc1OC. The largest absolute Gasteiger partial charge is 0.493 e. The van der Waals surface area contributed by atoms with Crippen molar-refractivity contribution >= 4 is 22.7 Å². The Hall–Kier alpha value is -3.03. The molecule has 0 aliphatic heterocycles. The molecule has 0 bridgehead atoms. The van der Waals surface area contributed by atoms with Gasteiger partial charge in [-0.3, -0.25) is 0 Å². The number of fused-ring (bicyclic) bond motifs is 1. The summed E-state index contributed by atoms with van der Waals surface area (Å²) in [5, 5.41) is 4.69. The summed E-state index contributed by atoms with van der Waals surface area (Å²) in [5.74, 6) is 2.85. The smallest absolute Gasteiger partial charge is 0.227 e. The quantitative estimate of drug-likeness (QED) is 0.754. The molecule has 1 aromatic carbocycles. The van der Waals surface area contributed by atoms with Gasteiger partial charge in [-0.25, -0.2) is 4.98 Å². The molecule has 0 aliphatic rings. The second-order valence-corrected chi connectivity index (χ2v) is 5.79. The number of nitrogen functional groups attached to an aromatic ring is 1. The van der Waals surface area contributed by atoms with Gasteiger partial charge in [0.2, 0.25) is 5.95 Å². The monoisotopic (exact) mass is 343 g/mol. The number of hydrogen-bond donors (Lipinski definition) is 1. The number of nitrogens with zero attached hydrogens (tertiary/aromatic N) is 4. The van der Waals surface area contributed by atoms with Crippen LogP contribution in [0, 0.1) is 13.8 Å². The van der Waals surface area contributed by atoms with Gasteiger partial charge in [-0.2, -0.15) is 4.98 Å². The molecular weight excluding hydrogens is 322 g/mol. The Balaban J connectivity index is 2.02. The summed E-state index contributed by atoms with van der Waals surface area (Å²) >= 11 is 0. The van der Waals surface area contributed by atoms with Crippen LogP contribution in [0.4, 0.5) is 11.8 Å². The van der Waals surface area contributed by atoms with E-state index < -0.39 is 0 Å². The van der Waals surface area contributed by atoms with E-state index >= 15 is 0 Å². The number of aryl methyl sites for hydroxylation is 2. The van der Waals surface area contributed by atoms with E-state index in [0.717, 1.165) is 17.0 Å². The highest BCUT2D eigenvalue weighted by atomic mass is 16.5. The zero-order chi connectivity index (χ0) is 18.1. The normalized spacial score (nSPS) is 10.9. The molecule has 2 heterocycles. The van der Waals surface area contributed by atoms with Crippen molar-refractivity contribution in [2.24, 2.45) is 0 Å². The lowest BCUT2D eigenvalue weighted by Crippen LogP contribution is -2.20. The van der Waals surface area contributed by atoms with Crippen molar-refractivity contribution in [2.75, 3.05) is 31.9 Å². The van der Waals surface area contributed by atoms with Gasteiger partial charge >= 0.3 is 0 Å². The third kappa shape index (κ3) is 3.02. The van der Waals surface area contributed by atoms with Crippen molar-refractivity contribution in [3.05, 3.63) is 29.2 Å². The summed E-state index contributed by atoms with van der Waals surface area (Å²) in [6.07, 6.45) is 0. The van der Waals surface area contributed by atoms with Gasteiger partial charge in [-0.05, 0) is 19.9 Å². The molecule has 132 valence electrons. The number of ether oxygens (including phenoxy) is 2. The number of benzene rings is 1. The molecule has 2 aromatic heterocycles. The number of rotatable bonds is 5. The molecule has 2 N–H and O–H groups in total. The van der Waals surface area contributed by atoms with Gasteiger partial charge in [0, 0.05) is 24.1 Å². The van der Waals surface area contributed by atoms with Crippen LogP contribution in [0.3, 0.4) is 0 Å². The maximum atomic E-state index is 6.14. The first-order chi connectivity index (χ1) is 11.9. The van der Waals surface area contributed by atoms with Gasteiger partial charge in [0.25, 0.3) is 0 Å². The van der Waals surface area contributed by atoms with Gasteiger partial charge in [-0.1, -0.05) is 5.16 Å². The molecule has 0 saturated heterocycles. The van der Waals surface area contributed by atoms with E-state index in [1.165, 1.54) is 0 Å². The van der Waals surface area contributed by atoms with Crippen molar-refractivity contribution in [2.45, 2.75) is 20.4 Å². The lowest BCUT2D eigenvalue weighted by molar-refractivity contribution is 0.356.